The molecule has 8 nitrogen and oxygen atoms in total. The Morgan fingerprint density at radius 1 is 1.05 bits per heavy atom. The second-order valence-electron chi connectivity index (χ2n) is 12.1. The topological polar surface area (TPSA) is 85.7 Å². The van der Waals surface area contributed by atoms with Crippen molar-refractivity contribution in [2.45, 2.75) is 70.5 Å². The number of rotatable bonds is 8. The molecule has 3 aliphatic rings. The number of hydrogen-bond donors (Lipinski definition) is 2. The molecule has 3 aliphatic heterocycles. The van der Waals surface area contributed by atoms with E-state index < -0.39 is 11.7 Å². The zero-order valence-corrected chi connectivity index (χ0v) is 23.5. The first-order chi connectivity index (χ1) is 18.6. The quantitative estimate of drug-likeness (QED) is 0.536. The lowest BCUT2D eigenvalue weighted by molar-refractivity contribution is 0.0140. The van der Waals surface area contributed by atoms with E-state index in [1.807, 2.05) is 32.9 Å². The van der Waals surface area contributed by atoms with E-state index in [0.29, 0.717) is 36.7 Å². The summed E-state index contributed by atoms with van der Waals surface area (Å²) in [5.41, 5.74) is 2.50. The molecule has 2 N–H and O–H groups in total. The maximum absolute atomic E-state index is 13.5. The van der Waals surface area contributed by atoms with Crippen LogP contribution in [0.5, 0.6) is 11.5 Å². The number of aliphatic hydroxyl groups excluding tert-OH is 1. The molecule has 8 heteroatoms. The minimum Gasteiger partial charge on any atom is -0.490 e. The summed E-state index contributed by atoms with van der Waals surface area (Å²) < 4.78 is 12.4. The van der Waals surface area contributed by atoms with Crippen LogP contribution in [-0.2, 0) is 13.0 Å². The van der Waals surface area contributed by atoms with Crippen LogP contribution in [0.15, 0.2) is 42.5 Å². The number of nitrogens with zero attached hydrogens (tertiary/aromatic N) is 3. The minimum atomic E-state index is -0.699. The summed E-state index contributed by atoms with van der Waals surface area (Å²) in [6.45, 7) is 11.0. The van der Waals surface area contributed by atoms with Gasteiger partial charge in [0.15, 0.2) is 0 Å². The van der Waals surface area contributed by atoms with Crippen LogP contribution >= 0.6 is 0 Å². The predicted molar refractivity (Wildman–Crippen MR) is 150 cm³/mol. The lowest BCUT2D eigenvalue weighted by atomic mass is 10.00. The van der Waals surface area contributed by atoms with Gasteiger partial charge in [0.2, 0.25) is 0 Å². The number of piperidine rings is 1. The summed E-state index contributed by atoms with van der Waals surface area (Å²) in [5, 5.41) is 21.0. The van der Waals surface area contributed by atoms with E-state index in [4.69, 9.17) is 9.47 Å². The summed E-state index contributed by atoms with van der Waals surface area (Å²) in [4.78, 5) is 19.7. The molecule has 2 aromatic rings. The summed E-state index contributed by atoms with van der Waals surface area (Å²) in [5.74, 6) is 1.12. The number of hydrogen-bond acceptors (Lipinski definition) is 7. The van der Waals surface area contributed by atoms with Crippen LogP contribution in [0.2, 0.25) is 0 Å². The van der Waals surface area contributed by atoms with Gasteiger partial charge in [0.05, 0.1) is 23.8 Å². The monoisotopic (exact) mass is 537 g/mol. The molecule has 0 bridgehead atoms. The van der Waals surface area contributed by atoms with Crippen molar-refractivity contribution < 1.29 is 24.5 Å². The highest BCUT2D eigenvalue weighted by Gasteiger charge is 2.30. The molecular formula is C31H43N3O5. The van der Waals surface area contributed by atoms with Gasteiger partial charge in [0.1, 0.15) is 23.7 Å². The highest BCUT2D eigenvalue weighted by Crippen LogP contribution is 2.31. The summed E-state index contributed by atoms with van der Waals surface area (Å²) >= 11 is 0. The molecule has 212 valence electrons. The molecule has 5 rings (SSSR count). The van der Waals surface area contributed by atoms with Gasteiger partial charge in [-0.25, -0.2) is 0 Å². The lowest BCUT2D eigenvalue weighted by Crippen LogP contribution is -2.45. The van der Waals surface area contributed by atoms with Crippen molar-refractivity contribution >= 4 is 5.91 Å². The Morgan fingerprint density at radius 3 is 2.54 bits per heavy atom. The molecule has 1 unspecified atom stereocenters. The third-order valence-corrected chi connectivity index (χ3v) is 7.83. The van der Waals surface area contributed by atoms with Gasteiger partial charge in [-0.15, -0.1) is 0 Å². The Morgan fingerprint density at radius 2 is 1.79 bits per heavy atom. The first-order valence-electron chi connectivity index (χ1n) is 14.3. The van der Waals surface area contributed by atoms with Gasteiger partial charge in [-0.2, -0.15) is 0 Å². The van der Waals surface area contributed by atoms with E-state index in [1.165, 1.54) is 11.1 Å². The van der Waals surface area contributed by atoms with Crippen LogP contribution in [0.3, 0.4) is 0 Å². The first-order valence-corrected chi connectivity index (χ1v) is 14.3. The molecule has 2 aromatic carbocycles. The maximum Gasteiger partial charge on any atom is 0.257 e. The molecule has 0 spiro atoms. The minimum absolute atomic E-state index is 0.0911. The third-order valence-electron chi connectivity index (χ3n) is 7.83. The number of amides is 1. The molecule has 3 heterocycles. The molecule has 0 radical (unpaired) electrons. The summed E-state index contributed by atoms with van der Waals surface area (Å²) in [6.07, 6.45) is 2.00. The Balaban J connectivity index is 1.17. The molecule has 1 saturated heterocycles. The highest BCUT2D eigenvalue weighted by atomic mass is 16.5. The van der Waals surface area contributed by atoms with E-state index in [1.54, 1.807) is 11.0 Å². The first kappa shape index (κ1) is 27.9. The van der Waals surface area contributed by atoms with Crippen molar-refractivity contribution in [1.29, 1.82) is 0 Å². The van der Waals surface area contributed by atoms with Crippen molar-refractivity contribution in [3.05, 3.63) is 59.2 Å². The number of likely N-dealkylation sites (tertiary alicyclic amines) is 1. The van der Waals surface area contributed by atoms with Gasteiger partial charge in [0.25, 0.3) is 5.91 Å². The molecule has 1 fully saturated rings. The van der Waals surface area contributed by atoms with Gasteiger partial charge in [-0.05, 0) is 63.3 Å². The van der Waals surface area contributed by atoms with Crippen molar-refractivity contribution in [2.24, 2.45) is 0 Å². The van der Waals surface area contributed by atoms with Crippen molar-refractivity contribution in [1.82, 2.24) is 14.7 Å². The fourth-order valence-corrected chi connectivity index (χ4v) is 6.07. The molecule has 1 amide bonds. The van der Waals surface area contributed by atoms with Gasteiger partial charge in [-0.3, -0.25) is 9.69 Å². The smallest absolute Gasteiger partial charge is 0.257 e. The van der Waals surface area contributed by atoms with Crippen LogP contribution in [0.1, 0.15) is 55.1 Å². The average Bonchev–Trinajstić information content (AvgIpc) is 2.99. The van der Waals surface area contributed by atoms with Crippen LogP contribution in [0, 0.1) is 0 Å². The van der Waals surface area contributed by atoms with Crippen molar-refractivity contribution in [3.8, 4) is 11.5 Å². The number of benzene rings is 2. The van der Waals surface area contributed by atoms with Gasteiger partial charge in [0, 0.05) is 51.9 Å². The molecule has 0 saturated carbocycles. The van der Waals surface area contributed by atoms with E-state index in [2.05, 4.69) is 34.1 Å². The number of carbonyl (C=O) groups is 1. The van der Waals surface area contributed by atoms with Crippen molar-refractivity contribution in [2.75, 3.05) is 45.8 Å². The number of carbonyl (C=O) groups excluding carboxylic acids is 1. The number of aliphatic hydroxyl groups is 2. The molecular weight excluding hydrogens is 494 g/mol. The average molecular weight is 538 g/mol. The van der Waals surface area contributed by atoms with Gasteiger partial charge < -0.3 is 29.5 Å². The van der Waals surface area contributed by atoms with Gasteiger partial charge >= 0.3 is 0 Å². The second kappa shape index (κ2) is 11.8. The number of ether oxygens (including phenoxy) is 2. The van der Waals surface area contributed by atoms with Crippen molar-refractivity contribution in [3.63, 3.8) is 0 Å². The zero-order valence-electron chi connectivity index (χ0n) is 23.5. The van der Waals surface area contributed by atoms with E-state index in [0.717, 1.165) is 45.4 Å². The van der Waals surface area contributed by atoms with Crippen LogP contribution in [-0.4, -0.2) is 101 Å². The summed E-state index contributed by atoms with van der Waals surface area (Å²) in [6, 6.07) is 13.9. The standard InChI is InChI=1S/C31H43N3O5/c1-22-17-34(20-25(35)19-33-13-10-23-6-4-5-7-24(23)18-33)30(36)28-9-8-27(16-29(28)38-22)39-26-11-14-32(15-12-26)21-31(2,3)37/h4-9,16,22,25-26,35,37H,10-15,17-21H2,1-3H3/t22-,25?/m1/s1. The van der Waals surface area contributed by atoms with Crippen LogP contribution in [0.4, 0.5) is 0 Å². The van der Waals surface area contributed by atoms with E-state index in [9.17, 15) is 15.0 Å². The SMILES string of the molecule is C[C@@H]1CN(CC(O)CN2CCc3ccccc3C2)C(=O)c2ccc(OC3CCN(CC(C)(C)O)CC3)cc2O1. The lowest BCUT2D eigenvalue weighted by Gasteiger charge is -2.35. The number of β-amino-alcohol motifs (C(OH)–C–C–N with tert-alkyl or cyclic N) is 2. The molecule has 0 aromatic heterocycles. The van der Waals surface area contributed by atoms with Crippen LogP contribution < -0.4 is 9.47 Å². The normalized spacial score (nSPS) is 22.0. The zero-order chi connectivity index (χ0) is 27.6. The molecule has 39 heavy (non-hydrogen) atoms. The largest absolute Gasteiger partial charge is 0.490 e. The Labute approximate surface area is 232 Å². The molecule has 0 aliphatic carbocycles. The Bertz CT molecular complexity index is 1140. The Hall–Kier alpha value is -2.65. The molecule has 2 atom stereocenters. The highest BCUT2D eigenvalue weighted by molar-refractivity contribution is 5.97. The van der Waals surface area contributed by atoms with E-state index in [-0.39, 0.29) is 24.7 Å². The fourth-order valence-electron chi connectivity index (χ4n) is 6.07. The predicted octanol–water partition coefficient (Wildman–Crippen LogP) is 2.94. The number of fused-ring (bicyclic) bond motifs is 2. The second-order valence-corrected chi connectivity index (χ2v) is 12.1. The fraction of sp³-hybridized carbons (Fsp3) is 0.581. The van der Waals surface area contributed by atoms with Gasteiger partial charge in [-0.1, -0.05) is 24.3 Å². The summed E-state index contributed by atoms with van der Waals surface area (Å²) in [7, 11) is 0. The van der Waals surface area contributed by atoms with E-state index >= 15 is 0 Å². The maximum atomic E-state index is 13.5. The van der Waals surface area contributed by atoms with Crippen LogP contribution in [0.25, 0.3) is 0 Å². The third kappa shape index (κ3) is 7.31. The Kier molecular flexibility index (Phi) is 8.47.